The third kappa shape index (κ3) is 6.01. The Morgan fingerprint density at radius 3 is 2.57 bits per heavy atom. The van der Waals surface area contributed by atoms with Crippen molar-refractivity contribution in [2.45, 2.75) is 33.6 Å². The fraction of sp³-hybridized carbons (Fsp3) is 0.364. The smallest absolute Gasteiger partial charge is 0.277 e. The van der Waals surface area contributed by atoms with Gasteiger partial charge in [-0.3, -0.25) is 4.79 Å². The predicted octanol–water partition coefficient (Wildman–Crippen LogP) is 4.05. The van der Waals surface area contributed by atoms with E-state index in [2.05, 4.69) is 24.4 Å². The van der Waals surface area contributed by atoms with Crippen molar-refractivity contribution in [3.63, 3.8) is 0 Å². The number of aryl methyl sites for hydroxylation is 1. The number of hydrazone groups is 1. The van der Waals surface area contributed by atoms with E-state index in [1.54, 1.807) is 19.2 Å². The molecular weight excluding hydrogens is 356 g/mol. The largest absolute Gasteiger partial charge is 0.493 e. The molecule has 150 valence electrons. The topological polar surface area (TPSA) is 69.2 Å². The van der Waals surface area contributed by atoms with Crippen LogP contribution in [0.15, 0.2) is 41.5 Å². The minimum atomic E-state index is -0.334. The van der Waals surface area contributed by atoms with Gasteiger partial charge in [-0.05, 0) is 66.8 Å². The third-order valence-electron chi connectivity index (χ3n) is 4.12. The second kappa shape index (κ2) is 10.3. The summed E-state index contributed by atoms with van der Waals surface area (Å²) in [6.45, 7) is 8.69. The van der Waals surface area contributed by atoms with Crippen LogP contribution in [0.5, 0.6) is 17.2 Å². The minimum Gasteiger partial charge on any atom is -0.493 e. The molecule has 0 bridgehead atoms. The predicted molar refractivity (Wildman–Crippen MR) is 111 cm³/mol. The van der Waals surface area contributed by atoms with Gasteiger partial charge in [-0.2, -0.15) is 5.10 Å². The lowest BCUT2D eigenvalue weighted by Gasteiger charge is -2.12. The summed E-state index contributed by atoms with van der Waals surface area (Å²) in [7, 11) is 1.58. The van der Waals surface area contributed by atoms with Crippen LogP contribution in [0, 0.1) is 6.92 Å². The van der Waals surface area contributed by atoms with Crippen molar-refractivity contribution < 1.29 is 19.0 Å². The van der Waals surface area contributed by atoms with Crippen LogP contribution in [-0.4, -0.2) is 32.4 Å². The first-order valence-corrected chi connectivity index (χ1v) is 9.30. The number of rotatable bonds is 9. The SMILES string of the molecule is CCOc1ccc(/C=N/NC(=O)COc2ccc(C(C)C)c(C)c2)cc1OC. The Morgan fingerprint density at radius 2 is 1.93 bits per heavy atom. The summed E-state index contributed by atoms with van der Waals surface area (Å²) >= 11 is 0. The van der Waals surface area contributed by atoms with Gasteiger partial charge in [-0.1, -0.05) is 19.9 Å². The van der Waals surface area contributed by atoms with Gasteiger partial charge in [0.2, 0.25) is 0 Å². The van der Waals surface area contributed by atoms with Crippen molar-refractivity contribution >= 4 is 12.1 Å². The molecule has 2 rings (SSSR count). The van der Waals surface area contributed by atoms with Crippen molar-refractivity contribution in [1.29, 1.82) is 0 Å². The second-order valence-electron chi connectivity index (χ2n) is 6.60. The van der Waals surface area contributed by atoms with E-state index in [4.69, 9.17) is 14.2 Å². The van der Waals surface area contributed by atoms with Crippen LogP contribution in [0.25, 0.3) is 0 Å². The van der Waals surface area contributed by atoms with Crippen LogP contribution in [0.2, 0.25) is 0 Å². The first-order valence-electron chi connectivity index (χ1n) is 9.30. The third-order valence-corrected chi connectivity index (χ3v) is 4.12. The van der Waals surface area contributed by atoms with Gasteiger partial charge in [0.1, 0.15) is 5.75 Å². The maximum atomic E-state index is 11.9. The van der Waals surface area contributed by atoms with E-state index in [0.717, 1.165) is 11.1 Å². The number of carbonyl (C=O) groups is 1. The number of nitrogens with zero attached hydrogens (tertiary/aromatic N) is 1. The van der Waals surface area contributed by atoms with Gasteiger partial charge in [-0.15, -0.1) is 0 Å². The summed E-state index contributed by atoms with van der Waals surface area (Å²) in [6.07, 6.45) is 1.54. The van der Waals surface area contributed by atoms with Crippen LogP contribution >= 0.6 is 0 Å². The van der Waals surface area contributed by atoms with Crippen LogP contribution in [0.3, 0.4) is 0 Å². The average Bonchev–Trinajstić information content (AvgIpc) is 2.67. The summed E-state index contributed by atoms with van der Waals surface area (Å²) in [5.74, 6) is 2.06. The quantitative estimate of drug-likeness (QED) is 0.523. The fourth-order valence-electron chi connectivity index (χ4n) is 2.78. The van der Waals surface area contributed by atoms with Crippen molar-refractivity contribution in [2.75, 3.05) is 20.3 Å². The molecule has 0 saturated carbocycles. The van der Waals surface area contributed by atoms with Gasteiger partial charge in [0.05, 0.1) is 19.9 Å². The number of amides is 1. The summed E-state index contributed by atoms with van der Waals surface area (Å²) in [6, 6.07) is 11.3. The number of benzene rings is 2. The van der Waals surface area contributed by atoms with Crippen molar-refractivity contribution in [2.24, 2.45) is 5.10 Å². The van der Waals surface area contributed by atoms with Crippen molar-refractivity contribution in [1.82, 2.24) is 5.43 Å². The first kappa shape index (κ1) is 21.3. The van der Waals surface area contributed by atoms with Gasteiger partial charge in [0, 0.05) is 0 Å². The Hall–Kier alpha value is -3.02. The molecule has 0 radical (unpaired) electrons. The highest BCUT2D eigenvalue weighted by molar-refractivity contribution is 5.83. The number of hydrogen-bond donors (Lipinski definition) is 1. The Morgan fingerprint density at radius 1 is 1.14 bits per heavy atom. The number of methoxy groups -OCH3 is 1. The highest BCUT2D eigenvalue weighted by Gasteiger charge is 2.07. The molecule has 6 nitrogen and oxygen atoms in total. The number of carbonyl (C=O) groups excluding carboxylic acids is 1. The van der Waals surface area contributed by atoms with E-state index in [1.807, 2.05) is 38.1 Å². The number of hydrogen-bond acceptors (Lipinski definition) is 5. The van der Waals surface area contributed by atoms with Crippen LogP contribution in [0.1, 0.15) is 43.4 Å². The van der Waals surface area contributed by atoms with Gasteiger partial charge in [0.15, 0.2) is 18.1 Å². The number of nitrogens with one attached hydrogen (secondary N) is 1. The zero-order valence-electron chi connectivity index (χ0n) is 17.1. The van der Waals surface area contributed by atoms with Crippen molar-refractivity contribution in [3.05, 3.63) is 53.1 Å². The molecule has 2 aromatic carbocycles. The molecule has 1 amide bonds. The molecule has 0 aliphatic rings. The van der Waals surface area contributed by atoms with Gasteiger partial charge in [0.25, 0.3) is 5.91 Å². The number of ether oxygens (including phenoxy) is 3. The Kier molecular flexibility index (Phi) is 7.87. The summed E-state index contributed by atoms with van der Waals surface area (Å²) in [5, 5.41) is 3.96. The molecule has 0 heterocycles. The highest BCUT2D eigenvalue weighted by Crippen LogP contribution is 2.27. The van der Waals surface area contributed by atoms with Crippen LogP contribution < -0.4 is 19.6 Å². The molecule has 1 N–H and O–H groups in total. The molecule has 0 atom stereocenters. The van der Waals surface area contributed by atoms with Gasteiger partial charge in [-0.25, -0.2) is 5.43 Å². The molecule has 0 saturated heterocycles. The Balaban J connectivity index is 1.87. The summed E-state index contributed by atoms with van der Waals surface area (Å²) in [5.41, 5.74) is 5.65. The molecular formula is C22H28N2O4. The van der Waals surface area contributed by atoms with E-state index in [1.165, 1.54) is 11.8 Å². The van der Waals surface area contributed by atoms with E-state index >= 15 is 0 Å². The molecule has 6 heteroatoms. The zero-order chi connectivity index (χ0) is 20.5. The normalized spacial score (nSPS) is 10.9. The fourth-order valence-corrected chi connectivity index (χ4v) is 2.78. The molecule has 0 unspecified atom stereocenters. The molecule has 28 heavy (non-hydrogen) atoms. The lowest BCUT2D eigenvalue weighted by molar-refractivity contribution is -0.123. The average molecular weight is 384 g/mol. The standard InChI is InChI=1S/C22H28N2O4/c1-6-27-20-10-7-17(12-21(20)26-5)13-23-24-22(25)14-28-18-8-9-19(15(2)3)16(4)11-18/h7-13,15H,6,14H2,1-5H3,(H,24,25)/b23-13+. The van der Waals surface area contributed by atoms with Crippen LogP contribution in [-0.2, 0) is 4.79 Å². The molecule has 0 aromatic heterocycles. The molecule has 0 aliphatic heterocycles. The summed E-state index contributed by atoms with van der Waals surface area (Å²) < 4.78 is 16.3. The van der Waals surface area contributed by atoms with E-state index in [-0.39, 0.29) is 12.5 Å². The van der Waals surface area contributed by atoms with E-state index < -0.39 is 0 Å². The first-order chi connectivity index (χ1) is 13.4. The second-order valence-corrected chi connectivity index (χ2v) is 6.60. The molecule has 0 aliphatic carbocycles. The van der Waals surface area contributed by atoms with E-state index in [9.17, 15) is 4.79 Å². The molecule has 2 aromatic rings. The maximum Gasteiger partial charge on any atom is 0.277 e. The molecule has 0 fully saturated rings. The van der Waals surface area contributed by atoms with Gasteiger partial charge >= 0.3 is 0 Å². The molecule has 0 spiro atoms. The van der Waals surface area contributed by atoms with Crippen molar-refractivity contribution in [3.8, 4) is 17.2 Å². The zero-order valence-corrected chi connectivity index (χ0v) is 17.1. The lowest BCUT2D eigenvalue weighted by Crippen LogP contribution is -2.24. The maximum absolute atomic E-state index is 11.9. The minimum absolute atomic E-state index is 0.107. The van der Waals surface area contributed by atoms with Gasteiger partial charge < -0.3 is 14.2 Å². The lowest BCUT2D eigenvalue weighted by atomic mass is 9.98. The summed E-state index contributed by atoms with van der Waals surface area (Å²) in [4.78, 5) is 11.9. The Bertz CT molecular complexity index is 831. The van der Waals surface area contributed by atoms with E-state index in [0.29, 0.717) is 29.8 Å². The Labute approximate surface area is 166 Å². The van der Waals surface area contributed by atoms with Crippen LogP contribution in [0.4, 0.5) is 0 Å². The monoisotopic (exact) mass is 384 g/mol. The highest BCUT2D eigenvalue weighted by atomic mass is 16.5.